The van der Waals surface area contributed by atoms with Gasteiger partial charge in [-0.25, -0.2) is 0 Å². The van der Waals surface area contributed by atoms with E-state index in [2.05, 4.69) is 5.32 Å². The van der Waals surface area contributed by atoms with Gasteiger partial charge in [0, 0.05) is 6.54 Å². The van der Waals surface area contributed by atoms with E-state index in [0.717, 1.165) is 0 Å². The first-order valence-corrected chi connectivity index (χ1v) is 5.57. The van der Waals surface area contributed by atoms with Crippen LogP contribution in [0.3, 0.4) is 0 Å². The highest BCUT2D eigenvalue weighted by Crippen LogP contribution is 2.32. The smallest absolute Gasteiger partial charge is 0.253 e. The third-order valence-electron chi connectivity index (χ3n) is 2.48. The molecule has 2 N–H and O–H groups in total. The number of aliphatic hydroxyl groups excluding tert-OH is 1. The number of hydrogen-bond acceptors (Lipinski definition) is 4. The molecule has 1 unspecified atom stereocenters. The van der Waals surface area contributed by atoms with Gasteiger partial charge in [-0.1, -0.05) is 6.07 Å². The van der Waals surface area contributed by atoms with Crippen LogP contribution in [0.2, 0.25) is 0 Å². The average Bonchev–Trinajstić information content (AvgIpc) is 2.37. The second kappa shape index (κ2) is 5.05. The van der Waals surface area contributed by atoms with Crippen LogP contribution >= 0.6 is 0 Å². The van der Waals surface area contributed by atoms with E-state index in [4.69, 9.17) is 9.47 Å². The number of hydrogen-bond donors (Lipinski definition) is 2. The van der Waals surface area contributed by atoms with Crippen LogP contribution in [0.4, 0.5) is 0 Å². The van der Waals surface area contributed by atoms with Crippen molar-refractivity contribution in [3.05, 3.63) is 23.8 Å². The van der Waals surface area contributed by atoms with E-state index in [1.54, 1.807) is 25.1 Å². The van der Waals surface area contributed by atoms with Gasteiger partial charge in [0.1, 0.15) is 13.2 Å². The Hall–Kier alpha value is -1.75. The maximum absolute atomic E-state index is 11.5. The Morgan fingerprint density at radius 3 is 2.82 bits per heavy atom. The van der Waals surface area contributed by atoms with Gasteiger partial charge in [0.25, 0.3) is 5.91 Å². The Morgan fingerprint density at radius 2 is 2.12 bits per heavy atom. The Kier molecular flexibility index (Phi) is 3.49. The lowest BCUT2D eigenvalue weighted by molar-refractivity contribution is -0.129. The monoisotopic (exact) mass is 237 g/mol. The summed E-state index contributed by atoms with van der Waals surface area (Å²) in [7, 11) is 0. The summed E-state index contributed by atoms with van der Waals surface area (Å²) >= 11 is 0. The first-order valence-electron chi connectivity index (χ1n) is 5.57. The van der Waals surface area contributed by atoms with Gasteiger partial charge in [-0.15, -0.1) is 0 Å². The molecule has 0 saturated heterocycles. The van der Waals surface area contributed by atoms with Crippen molar-refractivity contribution in [2.24, 2.45) is 0 Å². The first kappa shape index (κ1) is 11.7. The third-order valence-corrected chi connectivity index (χ3v) is 2.48. The van der Waals surface area contributed by atoms with Crippen LogP contribution in [0, 0.1) is 0 Å². The van der Waals surface area contributed by atoms with Crippen molar-refractivity contribution in [1.29, 1.82) is 0 Å². The highest BCUT2D eigenvalue weighted by atomic mass is 16.6. The average molecular weight is 237 g/mol. The second-order valence-electron chi connectivity index (χ2n) is 3.70. The fourth-order valence-corrected chi connectivity index (χ4v) is 1.65. The Morgan fingerprint density at radius 1 is 1.41 bits per heavy atom. The van der Waals surface area contributed by atoms with Crippen molar-refractivity contribution >= 4 is 5.91 Å². The summed E-state index contributed by atoms with van der Waals surface area (Å²) in [5, 5.41) is 12.4. The van der Waals surface area contributed by atoms with Crippen molar-refractivity contribution < 1.29 is 19.4 Å². The fourth-order valence-electron chi connectivity index (χ4n) is 1.65. The highest BCUT2D eigenvalue weighted by molar-refractivity contribution is 5.82. The minimum Gasteiger partial charge on any atom is -0.486 e. The molecule has 0 bridgehead atoms. The van der Waals surface area contributed by atoms with Gasteiger partial charge >= 0.3 is 0 Å². The molecule has 1 atom stereocenters. The summed E-state index contributed by atoms with van der Waals surface area (Å²) in [5.74, 6) is 0.796. The lowest BCUT2D eigenvalue weighted by atomic mass is 10.1. The fraction of sp³-hybridized carbons (Fsp3) is 0.417. The number of carbonyl (C=O) groups excluding carboxylic acids is 1. The van der Waals surface area contributed by atoms with Gasteiger partial charge < -0.3 is 19.9 Å². The zero-order valence-corrected chi connectivity index (χ0v) is 9.60. The van der Waals surface area contributed by atoms with E-state index in [1.165, 1.54) is 0 Å². The molecule has 2 rings (SSSR count). The summed E-state index contributed by atoms with van der Waals surface area (Å²) in [5.41, 5.74) is 0.500. The molecule has 1 heterocycles. The van der Waals surface area contributed by atoms with Gasteiger partial charge in [-0.2, -0.15) is 0 Å². The molecule has 92 valence electrons. The number of fused-ring (bicyclic) bond motifs is 1. The predicted octanol–water partition coefficient (Wildman–Crippen LogP) is 0.627. The van der Waals surface area contributed by atoms with Crippen molar-refractivity contribution in [2.75, 3.05) is 19.8 Å². The lowest BCUT2D eigenvalue weighted by Crippen LogP contribution is -2.29. The van der Waals surface area contributed by atoms with E-state index in [0.29, 0.717) is 36.8 Å². The summed E-state index contributed by atoms with van der Waals surface area (Å²) in [6, 6.07) is 4.99. The number of benzene rings is 1. The molecule has 1 aromatic rings. The van der Waals surface area contributed by atoms with E-state index in [9.17, 15) is 9.90 Å². The van der Waals surface area contributed by atoms with Crippen molar-refractivity contribution in [1.82, 2.24) is 5.32 Å². The topological polar surface area (TPSA) is 67.8 Å². The van der Waals surface area contributed by atoms with E-state index >= 15 is 0 Å². The quantitative estimate of drug-likeness (QED) is 0.809. The Balaban J connectivity index is 2.18. The number of nitrogens with one attached hydrogen (secondary N) is 1. The molecule has 1 aromatic carbocycles. The van der Waals surface area contributed by atoms with Crippen LogP contribution in [0.15, 0.2) is 18.2 Å². The van der Waals surface area contributed by atoms with Gasteiger partial charge in [0.2, 0.25) is 0 Å². The van der Waals surface area contributed by atoms with E-state index < -0.39 is 12.0 Å². The molecule has 1 aliphatic heterocycles. The van der Waals surface area contributed by atoms with E-state index in [1.807, 2.05) is 0 Å². The minimum atomic E-state index is -1.18. The number of aliphatic hydroxyl groups is 1. The summed E-state index contributed by atoms with van der Waals surface area (Å²) < 4.78 is 10.7. The number of carbonyl (C=O) groups is 1. The molecule has 0 saturated carbocycles. The van der Waals surface area contributed by atoms with Gasteiger partial charge in [-0.3, -0.25) is 4.79 Å². The molecule has 5 heteroatoms. The Bertz CT molecular complexity index is 419. The van der Waals surface area contributed by atoms with Crippen molar-refractivity contribution in [3.8, 4) is 11.5 Å². The number of ether oxygens (including phenoxy) is 2. The maximum Gasteiger partial charge on any atom is 0.253 e. The van der Waals surface area contributed by atoms with Gasteiger partial charge in [0.05, 0.1) is 0 Å². The second-order valence-corrected chi connectivity index (χ2v) is 3.70. The molecule has 17 heavy (non-hydrogen) atoms. The number of amides is 1. The lowest BCUT2D eigenvalue weighted by Gasteiger charge is -2.20. The van der Waals surface area contributed by atoms with Crippen LogP contribution in [0.1, 0.15) is 18.6 Å². The molecule has 1 aliphatic rings. The zero-order valence-electron chi connectivity index (χ0n) is 9.60. The summed E-state index contributed by atoms with van der Waals surface area (Å²) in [6.45, 7) is 3.29. The molecule has 0 spiro atoms. The van der Waals surface area contributed by atoms with Crippen molar-refractivity contribution in [2.45, 2.75) is 13.0 Å². The zero-order chi connectivity index (χ0) is 12.3. The minimum absolute atomic E-state index is 0.413. The van der Waals surface area contributed by atoms with Crippen LogP contribution in [0.5, 0.6) is 11.5 Å². The first-order chi connectivity index (χ1) is 8.22. The summed E-state index contributed by atoms with van der Waals surface area (Å²) in [4.78, 5) is 11.5. The molecule has 0 aliphatic carbocycles. The van der Waals surface area contributed by atoms with Crippen LogP contribution in [-0.2, 0) is 4.79 Å². The molecule has 1 amide bonds. The maximum atomic E-state index is 11.5. The SMILES string of the molecule is CCNC(=O)C(O)c1ccc2c(c1)OCCO2. The molecular weight excluding hydrogens is 222 g/mol. The molecule has 0 aromatic heterocycles. The van der Waals surface area contributed by atoms with E-state index in [-0.39, 0.29) is 0 Å². The number of rotatable bonds is 3. The van der Waals surface area contributed by atoms with Crippen LogP contribution in [0.25, 0.3) is 0 Å². The van der Waals surface area contributed by atoms with Gasteiger partial charge in [-0.05, 0) is 24.6 Å². The number of likely N-dealkylation sites (N-methyl/N-ethyl adjacent to an activating group) is 1. The Labute approximate surface area is 99.3 Å². The standard InChI is InChI=1S/C12H15NO4/c1-2-13-12(15)11(14)8-3-4-9-10(7-8)17-6-5-16-9/h3-4,7,11,14H,2,5-6H2,1H3,(H,13,15). The molecule has 0 radical (unpaired) electrons. The summed E-state index contributed by atoms with van der Waals surface area (Å²) in [6.07, 6.45) is -1.18. The molecular formula is C12H15NO4. The predicted molar refractivity (Wildman–Crippen MR) is 61.1 cm³/mol. The molecule has 0 fully saturated rings. The van der Waals surface area contributed by atoms with Crippen LogP contribution in [-0.4, -0.2) is 30.8 Å². The molecule has 5 nitrogen and oxygen atoms in total. The van der Waals surface area contributed by atoms with Gasteiger partial charge in [0.15, 0.2) is 17.6 Å². The highest BCUT2D eigenvalue weighted by Gasteiger charge is 2.19. The van der Waals surface area contributed by atoms with Crippen LogP contribution < -0.4 is 14.8 Å². The third kappa shape index (κ3) is 2.50. The normalized spacial score (nSPS) is 15.2. The van der Waals surface area contributed by atoms with Crippen molar-refractivity contribution in [3.63, 3.8) is 0 Å². The largest absolute Gasteiger partial charge is 0.486 e.